The van der Waals surface area contributed by atoms with Gasteiger partial charge in [0.2, 0.25) is 0 Å². The van der Waals surface area contributed by atoms with Gasteiger partial charge in [0.25, 0.3) is 0 Å². The summed E-state index contributed by atoms with van der Waals surface area (Å²) in [6, 6.07) is 9.94. The molecule has 1 aliphatic carbocycles. The van der Waals surface area contributed by atoms with E-state index in [1.165, 1.54) is 24.8 Å². The summed E-state index contributed by atoms with van der Waals surface area (Å²) in [4.78, 5) is 0. The fourth-order valence-corrected chi connectivity index (χ4v) is 3.86. The van der Waals surface area contributed by atoms with Crippen LogP contribution in [0, 0.1) is 11.3 Å². The molecule has 2 rings (SSSR count). The summed E-state index contributed by atoms with van der Waals surface area (Å²) in [5, 5.41) is 3.86. The van der Waals surface area contributed by atoms with Crippen molar-refractivity contribution in [1.82, 2.24) is 5.32 Å². The van der Waals surface area contributed by atoms with Crippen molar-refractivity contribution in [1.29, 1.82) is 0 Å². The Balaban J connectivity index is 1.85. The lowest BCUT2D eigenvalue weighted by atomic mass is 9.70. The van der Waals surface area contributed by atoms with Crippen molar-refractivity contribution < 1.29 is 0 Å². The van der Waals surface area contributed by atoms with Gasteiger partial charge in [-0.05, 0) is 61.6 Å². The first-order valence-electron chi connectivity index (χ1n) is 7.86. The first kappa shape index (κ1) is 16.0. The van der Waals surface area contributed by atoms with Crippen molar-refractivity contribution in [2.24, 2.45) is 11.3 Å². The lowest BCUT2D eigenvalue weighted by molar-refractivity contribution is 0.142. The number of hydrogen-bond acceptors (Lipinski definition) is 1. The van der Waals surface area contributed by atoms with Crippen molar-refractivity contribution in [2.75, 3.05) is 0 Å². The van der Waals surface area contributed by atoms with Crippen molar-refractivity contribution in [2.45, 2.75) is 65.5 Å². The predicted molar refractivity (Wildman–Crippen MR) is 91.0 cm³/mol. The van der Waals surface area contributed by atoms with Gasteiger partial charge in [0.1, 0.15) is 0 Å². The molecule has 1 fully saturated rings. The zero-order valence-electron chi connectivity index (χ0n) is 13.2. The van der Waals surface area contributed by atoms with Crippen LogP contribution in [0.2, 0.25) is 0 Å². The van der Waals surface area contributed by atoms with Crippen LogP contribution in [0.1, 0.15) is 52.5 Å². The minimum atomic E-state index is 0.534. The molecule has 0 bridgehead atoms. The van der Waals surface area contributed by atoms with Crippen molar-refractivity contribution in [3.05, 3.63) is 34.3 Å². The summed E-state index contributed by atoms with van der Waals surface area (Å²) in [7, 11) is 0. The molecule has 112 valence electrons. The second kappa shape index (κ2) is 6.62. The molecule has 0 aromatic heterocycles. The van der Waals surface area contributed by atoms with E-state index >= 15 is 0 Å². The van der Waals surface area contributed by atoms with E-state index in [4.69, 9.17) is 0 Å². The van der Waals surface area contributed by atoms with Gasteiger partial charge in [-0.3, -0.25) is 0 Å². The molecule has 1 aromatic carbocycles. The van der Waals surface area contributed by atoms with Gasteiger partial charge in [0.15, 0.2) is 0 Å². The Kier molecular flexibility index (Phi) is 5.30. The molecular formula is C18H28BrN. The van der Waals surface area contributed by atoms with Gasteiger partial charge in [0, 0.05) is 16.6 Å². The SMILES string of the molecule is CC(Cc1ccc(Br)cc1)NC1CCC(C)(C)CC1C. The largest absolute Gasteiger partial charge is 0.311 e. The summed E-state index contributed by atoms with van der Waals surface area (Å²) in [5.41, 5.74) is 1.95. The summed E-state index contributed by atoms with van der Waals surface area (Å²) in [6.45, 7) is 9.54. The van der Waals surface area contributed by atoms with Gasteiger partial charge in [-0.1, -0.05) is 48.8 Å². The average molecular weight is 338 g/mol. The van der Waals surface area contributed by atoms with Gasteiger partial charge >= 0.3 is 0 Å². The molecule has 0 radical (unpaired) electrons. The van der Waals surface area contributed by atoms with Crippen LogP contribution in [0.4, 0.5) is 0 Å². The van der Waals surface area contributed by atoms with Crippen LogP contribution in [-0.4, -0.2) is 12.1 Å². The van der Waals surface area contributed by atoms with Gasteiger partial charge in [-0.2, -0.15) is 0 Å². The van der Waals surface area contributed by atoms with E-state index < -0.39 is 0 Å². The predicted octanol–water partition coefficient (Wildman–Crippen LogP) is 5.18. The topological polar surface area (TPSA) is 12.0 Å². The standard InChI is InChI=1S/C18H28BrN/c1-13-12-18(3,4)10-9-17(13)20-14(2)11-15-5-7-16(19)8-6-15/h5-8,13-14,17,20H,9-12H2,1-4H3. The minimum Gasteiger partial charge on any atom is -0.311 e. The van der Waals surface area contributed by atoms with Crippen LogP contribution in [0.25, 0.3) is 0 Å². The number of hydrogen-bond donors (Lipinski definition) is 1. The molecule has 0 heterocycles. The third-order valence-electron chi connectivity index (χ3n) is 4.65. The highest BCUT2D eigenvalue weighted by molar-refractivity contribution is 9.10. The Morgan fingerprint density at radius 3 is 2.55 bits per heavy atom. The highest BCUT2D eigenvalue weighted by Gasteiger charge is 2.32. The van der Waals surface area contributed by atoms with E-state index in [2.05, 4.69) is 73.2 Å². The summed E-state index contributed by atoms with van der Waals surface area (Å²) >= 11 is 3.49. The average Bonchev–Trinajstić information content (AvgIpc) is 2.35. The zero-order chi connectivity index (χ0) is 14.8. The highest BCUT2D eigenvalue weighted by Crippen LogP contribution is 2.38. The maximum atomic E-state index is 3.86. The zero-order valence-corrected chi connectivity index (χ0v) is 14.8. The molecule has 1 aromatic rings. The van der Waals surface area contributed by atoms with Gasteiger partial charge in [-0.25, -0.2) is 0 Å². The second-order valence-corrected chi connectivity index (χ2v) is 8.30. The minimum absolute atomic E-state index is 0.534. The van der Waals surface area contributed by atoms with Crippen LogP contribution in [-0.2, 0) is 6.42 Å². The van der Waals surface area contributed by atoms with E-state index in [0.717, 1.165) is 16.8 Å². The third-order valence-corrected chi connectivity index (χ3v) is 5.18. The van der Waals surface area contributed by atoms with E-state index in [-0.39, 0.29) is 0 Å². The number of rotatable bonds is 4. The Labute approximate surface area is 132 Å². The number of benzene rings is 1. The van der Waals surface area contributed by atoms with Gasteiger partial charge in [0.05, 0.1) is 0 Å². The molecule has 3 atom stereocenters. The molecular weight excluding hydrogens is 310 g/mol. The van der Waals surface area contributed by atoms with Crippen LogP contribution in [0.15, 0.2) is 28.7 Å². The summed E-state index contributed by atoms with van der Waals surface area (Å²) in [6.07, 6.45) is 5.12. The highest BCUT2D eigenvalue weighted by atomic mass is 79.9. The molecule has 1 N–H and O–H groups in total. The van der Waals surface area contributed by atoms with Crippen LogP contribution < -0.4 is 5.32 Å². The summed E-state index contributed by atoms with van der Waals surface area (Å²) < 4.78 is 1.16. The summed E-state index contributed by atoms with van der Waals surface area (Å²) in [5.74, 6) is 0.783. The maximum absolute atomic E-state index is 3.86. The quantitative estimate of drug-likeness (QED) is 0.797. The molecule has 0 amide bonds. The van der Waals surface area contributed by atoms with Crippen LogP contribution in [0.5, 0.6) is 0 Å². The van der Waals surface area contributed by atoms with Gasteiger partial charge in [-0.15, -0.1) is 0 Å². The molecule has 1 saturated carbocycles. The Bertz CT molecular complexity index is 424. The molecule has 1 nitrogen and oxygen atoms in total. The Morgan fingerprint density at radius 1 is 1.30 bits per heavy atom. The van der Waals surface area contributed by atoms with E-state index in [9.17, 15) is 0 Å². The molecule has 0 aliphatic heterocycles. The third kappa shape index (κ3) is 4.60. The second-order valence-electron chi connectivity index (χ2n) is 7.39. The smallest absolute Gasteiger partial charge is 0.0175 e. The number of halogens is 1. The molecule has 0 spiro atoms. The van der Waals surface area contributed by atoms with Crippen molar-refractivity contribution in [3.63, 3.8) is 0 Å². The van der Waals surface area contributed by atoms with E-state index in [1.54, 1.807) is 0 Å². The maximum Gasteiger partial charge on any atom is 0.0175 e. The van der Waals surface area contributed by atoms with E-state index in [0.29, 0.717) is 17.5 Å². The van der Waals surface area contributed by atoms with Crippen molar-refractivity contribution in [3.8, 4) is 0 Å². The molecule has 2 heteroatoms. The fraction of sp³-hybridized carbons (Fsp3) is 0.667. The normalized spacial score (nSPS) is 27.2. The van der Waals surface area contributed by atoms with E-state index in [1.807, 2.05) is 0 Å². The van der Waals surface area contributed by atoms with Crippen molar-refractivity contribution >= 4 is 15.9 Å². The lowest BCUT2D eigenvalue weighted by Crippen LogP contribution is -2.46. The molecule has 1 aliphatic rings. The molecule has 3 unspecified atom stereocenters. The number of nitrogens with one attached hydrogen (secondary N) is 1. The lowest BCUT2D eigenvalue weighted by Gasteiger charge is -2.40. The Hall–Kier alpha value is -0.340. The first-order valence-corrected chi connectivity index (χ1v) is 8.65. The van der Waals surface area contributed by atoms with Crippen LogP contribution in [0.3, 0.4) is 0 Å². The van der Waals surface area contributed by atoms with Crippen LogP contribution >= 0.6 is 15.9 Å². The molecule has 20 heavy (non-hydrogen) atoms. The van der Waals surface area contributed by atoms with Gasteiger partial charge < -0.3 is 5.32 Å². The molecule has 0 saturated heterocycles. The fourth-order valence-electron chi connectivity index (χ4n) is 3.59. The first-order chi connectivity index (χ1) is 9.35. The Morgan fingerprint density at radius 2 is 1.95 bits per heavy atom. The monoisotopic (exact) mass is 337 g/mol.